The molecule has 4 heteroatoms. The number of hydrogen-bond acceptors (Lipinski definition) is 1. The van der Waals surface area contributed by atoms with E-state index in [9.17, 15) is 0 Å². The molecule has 0 aliphatic rings. The summed E-state index contributed by atoms with van der Waals surface area (Å²) >= 11 is 2.63. The Balaban J connectivity index is 2.19. The average Bonchev–Trinajstić information content (AvgIpc) is 1.41. The minimum absolute atomic E-state index is 0.294. The van der Waals surface area contributed by atoms with Crippen LogP contribution in [0.2, 0.25) is 0 Å². The van der Waals surface area contributed by atoms with E-state index < -0.39 is 0 Å². The molecule has 0 unspecified atom stereocenters. The maximum absolute atomic E-state index is 6.56. The summed E-state index contributed by atoms with van der Waals surface area (Å²) in [6.07, 6.45) is 0. The van der Waals surface area contributed by atoms with Gasteiger partial charge in [0.15, 0.2) is 0 Å². The normalized spacial score (nSPS) is 14.8. The van der Waals surface area contributed by atoms with Gasteiger partial charge in [-0.15, -0.1) is 0 Å². The Morgan fingerprint density at radius 3 is 3.25 bits per heavy atom. The molecule has 0 bridgehead atoms. The Morgan fingerprint density at radius 2 is 3.25 bits per heavy atom. The second-order valence-corrected chi connectivity index (χ2v) is 12.0. The van der Waals surface area contributed by atoms with Crippen LogP contribution in [-0.2, 0) is 0 Å². The summed E-state index contributed by atoms with van der Waals surface area (Å²) in [5.41, 5.74) is 0. The van der Waals surface area contributed by atoms with Crippen LogP contribution in [0.5, 0.6) is 0 Å². The van der Waals surface area contributed by atoms with E-state index in [1.807, 2.05) is 0 Å². The number of hydrogen-bond donors (Lipinski definition) is 0. The molecule has 0 saturated heterocycles. The van der Waals surface area contributed by atoms with Crippen molar-refractivity contribution in [2.75, 3.05) is 0 Å². The van der Waals surface area contributed by atoms with Crippen molar-refractivity contribution in [3.8, 4) is 0 Å². The van der Waals surface area contributed by atoms with Crippen molar-refractivity contribution in [1.29, 1.82) is 1.28 Å². The third kappa shape index (κ3) is 4.24. The third-order valence-electron chi connectivity index (χ3n) is 0.0261. The molecule has 0 nitrogen and oxygen atoms in total. The molecule has 0 atom stereocenters. The van der Waals surface area contributed by atoms with E-state index in [1.165, 1.54) is 0 Å². The predicted octanol–water partition coefficient (Wildman–Crippen LogP) is -0.869. The fourth-order valence-corrected chi connectivity index (χ4v) is 0. The van der Waals surface area contributed by atoms with Crippen LogP contribution in [0, 0.1) is 0 Å². The summed E-state index contributed by atoms with van der Waals surface area (Å²) < 4.78 is 6.56. The molecule has 0 aromatic carbocycles. The van der Waals surface area contributed by atoms with Crippen LogP contribution in [0.3, 0.4) is 0 Å². The maximum atomic E-state index is 6.56. The first-order valence-electron chi connectivity index (χ1n) is 0.927. The molecule has 0 heterocycles. The van der Waals surface area contributed by atoms with E-state index in [4.69, 9.17) is 1.28 Å². The van der Waals surface area contributed by atoms with Gasteiger partial charge in [-0.3, -0.25) is 0 Å². The van der Waals surface area contributed by atoms with E-state index in [2.05, 4.69) is 18.6 Å². The molecular formula is HI2PS-2. The standard InChI is InChI=1S/HI2PS/c1-2-4-3/h3H/q-2/i3D. The van der Waals surface area contributed by atoms with Crippen LogP contribution < -0.4 is 15.8 Å². The zero-order valence-corrected chi connectivity index (χ0v) is 7.64. The molecule has 0 aromatic heterocycles. The Bertz CT molecular complexity index is 17.1. The van der Waals surface area contributed by atoms with Crippen LogP contribution in [0.1, 0.15) is 0 Å². The van der Waals surface area contributed by atoms with Crippen LogP contribution in [0.25, 0.3) is 0 Å². The second kappa shape index (κ2) is 5.24. The Kier molecular flexibility index (Phi) is 5.76. The summed E-state index contributed by atoms with van der Waals surface area (Å²) in [7, 11) is 2.44. The predicted molar refractivity (Wildman–Crippen MR) is 29.9 cm³/mol. The summed E-state index contributed by atoms with van der Waals surface area (Å²) in [6.45, 7) is 0. The molecule has 0 N–H and O–H groups in total. The van der Waals surface area contributed by atoms with Crippen molar-refractivity contribution in [3.05, 3.63) is 0 Å². The fraction of sp³-hybridized carbons (Fsp3) is 0. The summed E-state index contributed by atoms with van der Waals surface area (Å²) in [4.78, 5) is 0. The molecule has 0 rings (SSSR count). The monoisotopic (exact) mass is 319 g/mol. The van der Waals surface area contributed by atoms with Crippen LogP contribution in [0.4, 0.5) is 0 Å². The zero-order chi connectivity index (χ0) is 4.12. The summed E-state index contributed by atoms with van der Waals surface area (Å²) in [5.74, 6) is 0. The first-order chi connectivity index (χ1) is 2.41. The molecule has 0 aromatic rings. The molecule has 0 aliphatic carbocycles. The van der Waals surface area contributed by atoms with Crippen molar-refractivity contribution in [2.45, 2.75) is 0 Å². The molecule has 28 valence electrons. The number of halogens is 2. The van der Waals surface area contributed by atoms with E-state index >= 15 is 0 Å². The van der Waals surface area contributed by atoms with Crippen molar-refractivity contribution in [1.82, 2.24) is 0 Å². The topological polar surface area (TPSA) is 0 Å². The summed E-state index contributed by atoms with van der Waals surface area (Å²) in [6, 6.07) is 0. The van der Waals surface area contributed by atoms with E-state index in [0.29, 0.717) is 15.8 Å². The van der Waals surface area contributed by atoms with Crippen molar-refractivity contribution in [3.63, 3.8) is 0 Å². The minimum atomic E-state index is 0.294. The van der Waals surface area contributed by atoms with Gasteiger partial charge in [-0.1, -0.05) is 0 Å². The second-order valence-electron chi connectivity index (χ2n) is 0.127. The Labute approximate surface area is 52.0 Å². The van der Waals surface area contributed by atoms with Crippen LogP contribution in [0.15, 0.2) is 0 Å². The number of rotatable bonds is 2. The van der Waals surface area contributed by atoms with E-state index in [0.717, 1.165) is 8.39 Å². The van der Waals surface area contributed by atoms with Gasteiger partial charge in [-0.25, -0.2) is 0 Å². The summed E-state index contributed by atoms with van der Waals surface area (Å²) in [5, 5.41) is 0. The molecular weight excluding hydrogens is 317 g/mol. The van der Waals surface area contributed by atoms with Gasteiger partial charge < -0.3 is 0 Å². The van der Waals surface area contributed by atoms with Crippen LogP contribution in [-0.4, -0.2) is 1.28 Å². The van der Waals surface area contributed by atoms with Gasteiger partial charge in [-0.2, -0.15) is 0 Å². The van der Waals surface area contributed by atoms with Gasteiger partial charge in [0.2, 0.25) is 0 Å². The molecule has 0 amide bonds. The Hall–Kier alpha value is 2.24. The van der Waals surface area contributed by atoms with Gasteiger partial charge >= 0.3 is 52.7 Å². The zero-order valence-electron chi connectivity index (χ0n) is 2.61. The van der Waals surface area contributed by atoms with Gasteiger partial charge in [0.25, 0.3) is 0 Å². The van der Waals surface area contributed by atoms with E-state index in [-0.39, 0.29) is 0 Å². The van der Waals surface area contributed by atoms with Gasteiger partial charge in [0.05, 0.1) is 0 Å². The third-order valence-corrected chi connectivity index (χ3v) is 10.6. The average molecular weight is 319 g/mol. The van der Waals surface area contributed by atoms with Crippen molar-refractivity contribution in [2.24, 2.45) is 0 Å². The molecule has 0 spiro atoms. The molecule has 4 heavy (non-hydrogen) atoms. The molecule has 0 aliphatic heterocycles. The quantitative estimate of drug-likeness (QED) is 0.471. The van der Waals surface area contributed by atoms with Gasteiger partial charge in [0, 0.05) is 0 Å². The van der Waals surface area contributed by atoms with Gasteiger partial charge in [-0.05, 0) is 0 Å². The first kappa shape index (κ1) is 4.40. The molecule has 0 fully saturated rings. The SMILES string of the molecule is [2H][P-]S[I-]I. The van der Waals surface area contributed by atoms with Crippen LogP contribution >= 0.6 is 35.6 Å². The van der Waals surface area contributed by atoms with E-state index in [1.54, 1.807) is 8.55 Å². The van der Waals surface area contributed by atoms with Crippen molar-refractivity contribution >= 4 is 35.6 Å². The van der Waals surface area contributed by atoms with Gasteiger partial charge in [0.1, 0.15) is 0 Å². The molecule has 0 radical (unpaired) electrons. The van der Waals surface area contributed by atoms with Crippen molar-refractivity contribution < 1.29 is 15.8 Å². The fourth-order valence-electron chi connectivity index (χ4n) is 0. The first-order valence-corrected chi connectivity index (χ1v) is 11.2. The molecule has 0 saturated carbocycles. The Morgan fingerprint density at radius 1 is 2.50 bits per heavy atom.